The maximum atomic E-state index is 6.10. The van der Waals surface area contributed by atoms with Gasteiger partial charge in [-0.25, -0.2) is 0 Å². The molecule has 0 fully saturated rings. The van der Waals surface area contributed by atoms with E-state index >= 15 is 0 Å². The van der Waals surface area contributed by atoms with Crippen molar-refractivity contribution < 1.29 is 9.47 Å². The lowest BCUT2D eigenvalue weighted by Crippen LogP contribution is -2.39. The Kier molecular flexibility index (Phi) is 4.39. The lowest BCUT2D eigenvalue weighted by Gasteiger charge is -2.38. The fourth-order valence-corrected chi connectivity index (χ4v) is 2.56. The third-order valence-corrected chi connectivity index (χ3v) is 3.38. The Balaban J connectivity index is 2.24. The molecule has 1 atom stereocenters. The van der Waals surface area contributed by atoms with E-state index in [1.165, 1.54) is 5.56 Å². The van der Waals surface area contributed by atoms with Gasteiger partial charge in [0.05, 0.1) is 0 Å². The van der Waals surface area contributed by atoms with Crippen LogP contribution in [-0.2, 0) is 0 Å². The van der Waals surface area contributed by atoms with Crippen molar-refractivity contribution in [2.75, 3.05) is 13.2 Å². The summed E-state index contributed by atoms with van der Waals surface area (Å²) < 4.78 is 11.8. The predicted octanol–water partition coefficient (Wildman–Crippen LogP) is 3.85. The van der Waals surface area contributed by atoms with Gasteiger partial charge in [-0.3, -0.25) is 0 Å². The monoisotopic (exact) mass is 275 g/mol. The van der Waals surface area contributed by atoms with Crippen molar-refractivity contribution in [2.45, 2.75) is 45.8 Å². The van der Waals surface area contributed by atoms with Crippen LogP contribution in [0, 0.1) is 0 Å². The van der Waals surface area contributed by atoms with E-state index < -0.39 is 0 Å². The summed E-state index contributed by atoms with van der Waals surface area (Å²) in [7, 11) is 0. The fraction of sp³-hybridized carbons (Fsp3) is 0.529. The molecule has 1 aromatic carbocycles. The summed E-state index contributed by atoms with van der Waals surface area (Å²) in [6.07, 6.45) is 0.972. The molecule has 0 saturated carbocycles. The molecule has 0 saturated heterocycles. The van der Waals surface area contributed by atoms with Crippen LogP contribution in [0.15, 0.2) is 30.4 Å². The number of benzene rings is 1. The SMILES string of the molecule is C=C(C)COc1ccc2c(c1)OC(C)(C)CC2NCC. The summed E-state index contributed by atoms with van der Waals surface area (Å²) in [5.41, 5.74) is 2.07. The Labute approximate surface area is 122 Å². The van der Waals surface area contributed by atoms with Gasteiger partial charge in [0.1, 0.15) is 23.7 Å². The van der Waals surface area contributed by atoms with Crippen molar-refractivity contribution in [1.82, 2.24) is 5.32 Å². The quantitative estimate of drug-likeness (QED) is 0.828. The Morgan fingerprint density at radius 2 is 2.25 bits per heavy atom. The lowest BCUT2D eigenvalue weighted by atomic mass is 9.89. The summed E-state index contributed by atoms with van der Waals surface area (Å²) in [5, 5.41) is 3.53. The van der Waals surface area contributed by atoms with Gasteiger partial charge in [0.2, 0.25) is 0 Å². The zero-order chi connectivity index (χ0) is 14.8. The summed E-state index contributed by atoms with van der Waals surface area (Å²) in [6.45, 7) is 13.7. The van der Waals surface area contributed by atoms with Crippen LogP contribution in [0.25, 0.3) is 0 Å². The Morgan fingerprint density at radius 1 is 1.50 bits per heavy atom. The molecule has 0 aromatic heterocycles. The van der Waals surface area contributed by atoms with Crippen LogP contribution in [0.1, 0.15) is 45.7 Å². The van der Waals surface area contributed by atoms with Gasteiger partial charge in [-0.2, -0.15) is 0 Å². The van der Waals surface area contributed by atoms with E-state index in [2.05, 4.69) is 38.7 Å². The second-order valence-electron chi connectivity index (χ2n) is 6.12. The van der Waals surface area contributed by atoms with E-state index in [0.717, 1.165) is 30.0 Å². The van der Waals surface area contributed by atoms with Gasteiger partial charge in [0.25, 0.3) is 0 Å². The van der Waals surface area contributed by atoms with Crippen molar-refractivity contribution in [3.05, 3.63) is 35.9 Å². The van der Waals surface area contributed by atoms with E-state index in [4.69, 9.17) is 9.47 Å². The molecule has 1 aromatic rings. The van der Waals surface area contributed by atoms with Crippen LogP contribution in [0.2, 0.25) is 0 Å². The summed E-state index contributed by atoms with van der Waals surface area (Å²) in [4.78, 5) is 0. The molecular formula is C17H25NO2. The molecule has 2 rings (SSSR count). The highest BCUT2D eigenvalue weighted by Gasteiger charge is 2.33. The topological polar surface area (TPSA) is 30.5 Å². The lowest BCUT2D eigenvalue weighted by molar-refractivity contribution is 0.0660. The van der Waals surface area contributed by atoms with E-state index in [9.17, 15) is 0 Å². The standard InChI is InChI=1S/C17H25NO2/c1-6-18-15-10-17(4,5)20-16-9-13(7-8-14(15)16)19-11-12(2)3/h7-9,15,18H,2,6,10-11H2,1,3-5H3. The fourth-order valence-electron chi connectivity index (χ4n) is 2.56. The first-order valence-electron chi connectivity index (χ1n) is 7.25. The number of hydrogen-bond acceptors (Lipinski definition) is 3. The largest absolute Gasteiger partial charge is 0.489 e. The van der Waals surface area contributed by atoms with Crippen molar-refractivity contribution in [3.63, 3.8) is 0 Å². The van der Waals surface area contributed by atoms with Crippen molar-refractivity contribution in [2.24, 2.45) is 0 Å². The average Bonchev–Trinajstić information content (AvgIpc) is 2.35. The molecule has 0 radical (unpaired) electrons. The molecule has 0 spiro atoms. The molecule has 1 heterocycles. The molecule has 1 N–H and O–H groups in total. The molecule has 3 nitrogen and oxygen atoms in total. The number of hydrogen-bond donors (Lipinski definition) is 1. The van der Waals surface area contributed by atoms with Crippen LogP contribution in [0.3, 0.4) is 0 Å². The van der Waals surface area contributed by atoms with Gasteiger partial charge < -0.3 is 14.8 Å². The van der Waals surface area contributed by atoms with Gasteiger partial charge in [-0.05, 0) is 39.0 Å². The Morgan fingerprint density at radius 3 is 2.90 bits per heavy atom. The highest BCUT2D eigenvalue weighted by Crippen LogP contribution is 2.41. The first-order chi connectivity index (χ1) is 9.41. The van der Waals surface area contributed by atoms with Crippen LogP contribution in [0.4, 0.5) is 0 Å². The van der Waals surface area contributed by atoms with Crippen LogP contribution < -0.4 is 14.8 Å². The third kappa shape index (κ3) is 3.54. The van der Waals surface area contributed by atoms with Gasteiger partial charge in [0.15, 0.2) is 0 Å². The van der Waals surface area contributed by atoms with E-state index in [1.807, 2.05) is 19.1 Å². The molecule has 110 valence electrons. The van der Waals surface area contributed by atoms with E-state index in [0.29, 0.717) is 12.6 Å². The molecule has 0 aliphatic carbocycles. The Hall–Kier alpha value is -1.48. The maximum Gasteiger partial charge on any atom is 0.128 e. The smallest absolute Gasteiger partial charge is 0.128 e. The van der Waals surface area contributed by atoms with Crippen LogP contribution in [-0.4, -0.2) is 18.8 Å². The minimum atomic E-state index is -0.160. The zero-order valence-electron chi connectivity index (χ0n) is 13.0. The normalized spacial score (nSPS) is 19.9. The molecule has 0 bridgehead atoms. The first kappa shape index (κ1) is 14.9. The zero-order valence-corrected chi connectivity index (χ0v) is 13.0. The van der Waals surface area contributed by atoms with Crippen molar-refractivity contribution in [3.8, 4) is 11.5 Å². The number of fused-ring (bicyclic) bond motifs is 1. The van der Waals surface area contributed by atoms with Crippen LogP contribution in [0.5, 0.6) is 11.5 Å². The predicted molar refractivity (Wildman–Crippen MR) is 82.5 cm³/mol. The van der Waals surface area contributed by atoms with E-state index in [-0.39, 0.29) is 5.60 Å². The number of ether oxygens (including phenoxy) is 2. The molecule has 20 heavy (non-hydrogen) atoms. The molecular weight excluding hydrogens is 250 g/mol. The first-order valence-corrected chi connectivity index (χ1v) is 7.25. The molecule has 1 unspecified atom stereocenters. The van der Waals surface area contributed by atoms with E-state index in [1.54, 1.807) is 0 Å². The molecule has 1 aliphatic heterocycles. The number of nitrogens with one attached hydrogen (secondary N) is 1. The van der Waals surface area contributed by atoms with Gasteiger partial charge >= 0.3 is 0 Å². The number of rotatable bonds is 5. The summed E-state index contributed by atoms with van der Waals surface area (Å²) in [6, 6.07) is 6.44. The highest BCUT2D eigenvalue weighted by atomic mass is 16.5. The van der Waals surface area contributed by atoms with Crippen LogP contribution >= 0.6 is 0 Å². The summed E-state index contributed by atoms with van der Waals surface area (Å²) in [5.74, 6) is 1.76. The average molecular weight is 275 g/mol. The summed E-state index contributed by atoms with van der Waals surface area (Å²) >= 11 is 0. The molecule has 0 amide bonds. The Bertz CT molecular complexity index is 494. The van der Waals surface area contributed by atoms with Crippen molar-refractivity contribution >= 4 is 0 Å². The molecule has 3 heteroatoms. The minimum absolute atomic E-state index is 0.160. The highest BCUT2D eigenvalue weighted by molar-refractivity contribution is 5.44. The second kappa shape index (κ2) is 5.88. The molecule has 1 aliphatic rings. The van der Waals surface area contributed by atoms with Gasteiger partial charge in [-0.1, -0.05) is 19.6 Å². The third-order valence-electron chi connectivity index (χ3n) is 3.38. The van der Waals surface area contributed by atoms with Gasteiger partial charge in [-0.15, -0.1) is 0 Å². The maximum absolute atomic E-state index is 6.10. The minimum Gasteiger partial charge on any atom is -0.489 e. The van der Waals surface area contributed by atoms with Gasteiger partial charge in [0, 0.05) is 24.1 Å². The second-order valence-corrected chi connectivity index (χ2v) is 6.12. The van der Waals surface area contributed by atoms with Crippen molar-refractivity contribution in [1.29, 1.82) is 0 Å².